The van der Waals surface area contributed by atoms with Crippen molar-refractivity contribution in [2.24, 2.45) is 0 Å². The topological polar surface area (TPSA) is 53.0 Å². The molecule has 0 spiro atoms. The number of aromatic carboxylic acids is 1. The SMILES string of the molecule is Cc1nc(Cl)c(C(=O)[O-])c(C)c1Cl. The summed E-state index contributed by atoms with van der Waals surface area (Å²) < 4.78 is 0. The molecule has 70 valence electrons. The number of nitrogens with zero attached hydrogens (tertiary/aromatic N) is 1. The smallest absolute Gasteiger partial charge is 0.138 e. The summed E-state index contributed by atoms with van der Waals surface area (Å²) in [4.78, 5) is 14.4. The maximum atomic E-state index is 10.6. The molecule has 0 fully saturated rings. The second-order valence-electron chi connectivity index (χ2n) is 2.59. The Balaban J connectivity index is 3.53. The summed E-state index contributed by atoms with van der Waals surface area (Å²) in [6.45, 7) is 3.22. The molecule has 3 nitrogen and oxygen atoms in total. The minimum absolute atomic E-state index is 0.0839. The fraction of sp³-hybridized carbons (Fsp3) is 0.250. The molecule has 1 heterocycles. The highest BCUT2D eigenvalue weighted by atomic mass is 35.5. The van der Waals surface area contributed by atoms with E-state index in [4.69, 9.17) is 23.2 Å². The van der Waals surface area contributed by atoms with Gasteiger partial charge >= 0.3 is 0 Å². The van der Waals surface area contributed by atoms with Crippen molar-refractivity contribution in [3.63, 3.8) is 0 Å². The van der Waals surface area contributed by atoms with Crippen LogP contribution < -0.4 is 5.11 Å². The molecule has 0 saturated heterocycles. The second-order valence-corrected chi connectivity index (χ2v) is 3.33. The normalized spacial score (nSPS) is 10.2. The van der Waals surface area contributed by atoms with Gasteiger partial charge in [0, 0.05) is 5.56 Å². The zero-order chi connectivity index (χ0) is 10.2. The average molecular weight is 219 g/mol. The molecule has 5 heteroatoms. The minimum atomic E-state index is -1.36. The number of hydrogen-bond acceptors (Lipinski definition) is 3. The maximum absolute atomic E-state index is 10.6. The molecule has 1 aromatic heterocycles. The summed E-state index contributed by atoms with van der Waals surface area (Å²) in [5, 5.41) is 10.8. The molecule has 0 saturated carbocycles. The Morgan fingerprint density at radius 3 is 2.38 bits per heavy atom. The number of halogens is 2. The number of carbonyl (C=O) groups excluding carboxylic acids is 1. The lowest BCUT2D eigenvalue weighted by Gasteiger charge is -2.11. The number of carboxylic acids is 1. The van der Waals surface area contributed by atoms with E-state index in [1.807, 2.05) is 0 Å². The van der Waals surface area contributed by atoms with E-state index in [0.29, 0.717) is 16.3 Å². The van der Waals surface area contributed by atoms with Gasteiger partial charge in [0.2, 0.25) is 0 Å². The molecule has 0 N–H and O–H groups in total. The largest absolute Gasteiger partial charge is 0.545 e. The van der Waals surface area contributed by atoms with Crippen LogP contribution in [-0.4, -0.2) is 11.0 Å². The lowest BCUT2D eigenvalue weighted by molar-refractivity contribution is -0.255. The summed E-state index contributed by atoms with van der Waals surface area (Å²) in [5.74, 6) is -1.36. The van der Waals surface area contributed by atoms with Gasteiger partial charge in [-0.2, -0.15) is 0 Å². The highest BCUT2D eigenvalue weighted by Crippen LogP contribution is 2.26. The molecule has 0 bridgehead atoms. The van der Waals surface area contributed by atoms with Gasteiger partial charge in [0.1, 0.15) is 5.15 Å². The van der Waals surface area contributed by atoms with Crippen LogP contribution in [0.15, 0.2) is 0 Å². The van der Waals surface area contributed by atoms with Gasteiger partial charge in [-0.15, -0.1) is 0 Å². The molecule has 0 radical (unpaired) electrons. The van der Waals surface area contributed by atoms with E-state index in [0.717, 1.165) is 0 Å². The Hall–Kier alpha value is -0.800. The highest BCUT2D eigenvalue weighted by Gasteiger charge is 2.12. The van der Waals surface area contributed by atoms with Crippen molar-refractivity contribution in [1.29, 1.82) is 0 Å². The molecule has 0 atom stereocenters. The third-order valence-electron chi connectivity index (χ3n) is 1.70. The molecular weight excluding hydrogens is 213 g/mol. The molecule has 13 heavy (non-hydrogen) atoms. The van der Waals surface area contributed by atoms with Crippen molar-refractivity contribution >= 4 is 29.2 Å². The molecule has 0 aromatic carbocycles. The molecule has 0 unspecified atom stereocenters. The standard InChI is InChI=1S/C8H7Cl2NO2/c1-3-5(8(12)13)7(10)11-4(2)6(3)9/h1-2H3,(H,12,13)/p-1. The lowest BCUT2D eigenvalue weighted by Crippen LogP contribution is -2.24. The lowest BCUT2D eigenvalue weighted by atomic mass is 10.1. The first-order valence-corrected chi connectivity index (χ1v) is 4.24. The van der Waals surface area contributed by atoms with E-state index in [-0.39, 0.29) is 10.7 Å². The maximum Gasteiger partial charge on any atom is 0.138 e. The number of pyridine rings is 1. The number of carboxylic acid groups (broad SMARTS) is 1. The van der Waals surface area contributed by atoms with Crippen LogP contribution in [0.25, 0.3) is 0 Å². The molecule has 0 amide bonds. The van der Waals surface area contributed by atoms with Gasteiger partial charge < -0.3 is 9.90 Å². The Bertz CT molecular complexity index is 377. The number of hydrogen-bond donors (Lipinski definition) is 0. The first-order chi connectivity index (χ1) is 5.95. The van der Waals surface area contributed by atoms with Gasteiger partial charge in [0.05, 0.1) is 16.7 Å². The Morgan fingerprint density at radius 2 is 1.92 bits per heavy atom. The fourth-order valence-corrected chi connectivity index (χ4v) is 1.51. The molecule has 1 rings (SSSR count). The highest BCUT2D eigenvalue weighted by molar-refractivity contribution is 6.35. The number of rotatable bonds is 1. The van der Waals surface area contributed by atoms with Gasteiger partial charge in [0.25, 0.3) is 0 Å². The van der Waals surface area contributed by atoms with E-state index in [2.05, 4.69) is 4.98 Å². The number of aryl methyl sites for hydroxylation is 1. The summed E-state index contributed by atoms with van der Waals surface area (Å²) in [6, 6.07) is 0. The average Bonchev–Trinajstić information content (AvgIpc) is 1.99. The van der Waals surface area contributed by atoms with Crippen LogP contribution in [0.4, 0.5) is 0 Å². The van der Waals surface area contributed by atoms with E-state index in [1.54, 1.807) is 13.8 Å². The predicted octanol–water partition coefficient (Wildman–Crippen LogP) is 1.37. The van der Waals surface area contributed by atoms with Gasteiger partial charge in [-0.1, -0.05) is 23.2 Å². The van der Waals surface area contributed by atoms with Crippen LogP contribution in [0.3, 0.4) is 0 Å². The van der Waals surface area contributed by atoms with Crippen molar-refractivity contribution < 1.29 is 9.90 Å². The van der Waals surface area contributed by atoms with Crippen molar-refractivity contribution in [3.05, 3.63) is 27.0 Å². The molecule has 0 aliphatic heterocycles. The van der Waals surface area contributed by atoms with Crippen LogP contribution in [0.5, 0.6) is 0 Å². The van der Waals surface area contributed by atoms with Crippen molar-refractivity contribution in [2.45, 2.75) is 13.8 Å². The summed E-state index contributed by atoms with van der Waals surface area (Å²) in [6.07, 6.45) is 0. The summed E-state index contributed by atoms with van der Waals surface area (Å²) in [5.41, 5.74) is 0.755. The molecule has 1 aromatic rings. The van der Waals surface area contributed by atoms with Gasteiger partial charge in [-0.3, -0.25) is 0 Å². The number of carbonyl (C=O) groups is 1. The van der Waals surface area contributed by atoms with Gasteiger partial charge in [-0.05, 0) is 19.4 Å². The van der Waals surface area contributed by atoms with Crippen molar-refractivity contribution in [2.75, 3.05) is 0 Å². The fourth-order valence-electron chi connectivity index (χ4n) is 1.03. The first kappa shape index (κ1) is 10.3. The summed E-state index contributed by atoms with van der Waals surface area (Å²) in [7, 11) is 0. The third-order valence-corrected chi connectivity index (χ3v) is 2.53. The van der Waals surface area contributed by atoms with Crippen LogP contribution in [-0.2, 0) is 0 Å². The quantitative estimate of drug-likeness (QED) is 0.670. The number of aromatic nitrogens is 1. The van der Waals surface area contributed by atoms with E-state index < -0.39 is 5.97 Å². The summed E-state index contributed by atoms with van der Waals surface area (Å²) >= 11 is 11.4. The van der Waals surface area contributed by atoms with Crippen molar-refractivity contribution in [3.8, 4) is 0 Å². The zero-order valence-corrected chi connectivity index (χ0v) is 8.53. The second kappa shape index (κ2) is 3.52. The minimum Gasteiger partial charge on any atom is -0.545 e. The van der Waals surface area contributed by atoms with E-state index in [1.165, 1.54) is 0 Å². The van der Waals surface area contributed by atoms with Crippen LogP contribution in [0.2, 0.25) is 10.2 Å². The van der Waals surface area contributed by atoms with Crippen LogP contribution in [0.1, 0.15) is 21.6 Å². The Morgan fingerprint density at radius 1 is 1.38 bits per heavy atom. The van der Waals surface area contributed by atoms with Crippen LogP contribution >= 0.6 is 23.2 Å². The Kier molecular flexibility index (Phi) is 2.78. The third kappa shape index (κ3) is 1.76. The molecule has 0 aliphatic carbocycles. The molecule has 0 aliphatic rings. The monoisotopic (exact) mass is 218 g/mol. The van der Waals surface area contributed by atoms with E-state index in [9.17, 15) is 9.90 Å². The Labute approximate surface area is 85.3 Å². The first-order valence-electron chi connectivity index (χ1n) is 3.48. The predicted molar refractivity (Wildman–Crippen MR) is 48.1 cm³/mol. The van der Waals surface area contributed by atoms with Crippen LogP contribution in [0, 0.1) is 13.8 Å². The van der Waals surface area contributed by atoms with Gasteiger partial charge in [-0.25, -0.2) is 4.98 Å². The van der Waals surface area contributed by atoms with Crippen molar-refractivity contribution in [1.82, 2.24) is 4.98 Å². The zero-order valence-electron chi connectivity index (χ0n) is 7.02. The molecular formula is C8H6Cl2NO2-. The van der Waals surface area contributed by atoms with Gasteiger partial charge in [0.15, 0.2) is 0 Å². The van der Waals surface area contributed by atoms with E-state index >= 15 is 0 Å².